The summed E-state index contributed by atoms with van der Waals surface area (Å²) in [5.41, 5.74) is 2.58. The van der Waals surface area contributed by atoms with Gasteiger partial charge in [-0.3, -0.25) is 0 Å². The Morgan fingerprint density at radius 1 is 1.57 bits per heavy atom. The molecule has 0 heterocycles. The second-order valence-corrected chi connectivity index (χ2v) is 4.73. The summed E-state index contributed by atoms with van der Waals surface area (Å²) in [7, 11) is 0. The van der Waals surface area contributed by atoms with Crippen molar-refractivity contribution in [2.24, 2.45) is 11.3 Å². The quantitative estimate of drug-likeness (QED) is 0.685. The van der Waals surface area contributed by atoms with Gasteiger partial charge in [0.2, 0.25) is 0 Å². The van der Waals surface area contributed by atoms with Crippen LogP contribution in [-0.4, -0.2) is 11.7 Å². The van der Waals surface area contributed by atoms with Gasteiger partial charge in [-0.2, -0.15) is 5.26 Å². The first-order chi connectivity index (χ1) is 6.54. The normalized spacial score (nSPS) is 26.1. The number of allylic oxidation sites excluding steroid dienone is 2. The van der Waals surface area contributed by atoms with Crippen LogP contribution in [0.5, 0.6) is 0 Å². The van der Waals surface area contributed by atoms with E-state index in [0.29, 0.717) is 12.3 Å². The number of hydrogen-bond acceptors (Lipinski definition) is 2. The van der Waals surface area contributed by atoms with Crippen LogP contribution in [0.2, 0.25) is 0 Å². The van der Waals surface area contributed by atoms with Gasteiger partial charge in [-0.1, -0.05) is 25.0 Å². The Balaban J connectivity index is 3.01. The monoisotopic (exact) mass is 193 g/mol. The van der Waals surface area contributed by atoms with Gasteiger partial charge in [0.15, 0.2) is 0 Å². The SMILES string of the molecule is CC1=C(CC#N)C(C)(C)C(CO)CC1. The van der Waals surface area contributed by atoms with Crippen LogP contribution in [0.25, 0.3) is 0 Å². The zero-order chi connectivity index (χ0) is 10.8. The van der Waals surface area contributed by atoms with Crippen molar-refractivity contribution < 1.29 is 5.11 Å². The number of aliphatic hydroxyl groups is 1. The highest BCUT2D eigenvalue weighted by molar-refractivity contribution is 5.26. The van der Waals surface area contributed by atoms with E-state index in [-0.39, 0.29) is 12.0 Å². The highest BCUT2D eigenvalue weighted by Gasteiger charge is 2.36. The molecule has 0 saturated carbocycles. The Hall–Kier alpha value is -0.810. The van der Waals surface area contributed by atoms with Crippen LogP contribution in [0.3, 0.4) is 0 Å². The zero-order valence-corrected chi connectivity index (χ0v) is 9.30. The average Bonchev–Trinajstić information content (AvgIpc) is 2.12. The molecular weight excluding hydrogens is 174 g/mol. The number of nitrogens with zero attached hydrogens (tertiary/aromatic N) is 1. The second-order valence-electron chi connectivity index (χ2n) is 4.73. The van der Waals surface area contributed by atoms with Gasteiger partial charge >= 0.3 is 0 Å². The first-order valence-electron chi connectivity index (χ1n) is 5.21. The summed E-state index contributed by atoms with van der Waals surface area (Å²) >= 11 is 0. The summed E-state index contributed by atoms with van der Waals surface area (Å²) < 4.78 is 0. The van der Waals surface area contributed by atoms with Crippen molar-refractivity contribution in [3.63, 3.8) is 0 Å². The maximum absolute atomic E-state index is 9.29. The summed E-state index contributed by atoms with van der Waals surface area (Å²) in [5, 5.41) is 18.1. The van der Waals surface area contributed by atoms with Crippen molar-refractivity contribution in [2.75, 3.05) is 6.61 Å². The van der Waals surface area contributed by atoms with E-state index in [1.165, 1.54) is 11.1 Å². The summed E-state index contributed by atoms with van der Waals surface area (Å²) in [6, 6.07) is 2.23. The Morgan fingerprint density at radius 2 is 2.21 bits per heavy atom. The molecule has 0 saturated heterocycles. The van der Waals surface area contributed by atoms with Crippen LogP contribution < -0.4 is 0 Å². The van der Waals surface area contributed by atoms with E-state index in [9.17, 15) is 5.11 Å². The van der Waals surface area contributed by atoms with Gasteiger partial charge in [0.25, 0.3) is 0 Å². The Morgan fingerprint density at radius 3 is 2.71 bits per heavy atom. The lowest BCUT2D eigenvalue weighted by molar-refractivity contribution is 0.124. The lowest BCUT2D eigenvalue weighted by Crippen LogP contribution is -2.33. The molecule has 1 N–H and O–H groups in total. The molecule has 2 nitrogen and oxygen atoms in total. The Labute approximate surface area is 86.2 Å². The Bertz CT molecular complexity index is 283. The van der Waals surface area contributed by atoms with Crippen LogP contribution in [0.4, 0.5) is 0 Å². The molecule has 14 heavy (non-hydrogen) atoms. The van der Waals surface area contributed by atoms with Gasteiger partial charge < -0.3 is 5.11 Å². The van der Waals surface area contributed by atoms with E-state index in [2.05, 4.69) is 26.8 Å². The lowest BCUT2D eigenvalue weighted by atomic mass is 9.65. The molecular formula is C12H19NO. The minimum Gasteiger partial charge on any atom is -0.396 e. The molecule has 1 aliphatic carbocycles. The first kappa shape index (κ1) is 11.3. The molecule has 0 fully saturated rings. The maximum Gasteiger partial charge on any atom is 0.0666 e. The van der Waals surface area contributed by atoms with Crippen molar-refractivity contribution in [1.29, 1.82) is 5.26 Å². The van der Waals surface area contributed by atoms with Crippen molar-refractivity contribution >= 4 is 0 Å². The minimum atomic E-state index is -0.00713. The fourth-order valence-corrected chi connectivity index (χ4v) is 2.48. The minimum absolute atomic E-state index is 0.00713. The van der Waals surface area contributed by atoms with E-state index in [1.807, 2.05) is 0 Å². The van der Waals surface area contributed by atoms with Gasteiger partial charge in [0, 0.05) is 6.61 Å². The third-order valence-electron chi connectivity index (χ3n) is 3.66. The number of hydrogen-bond donors (Lipinski definition) is 1. The van der Waals surface area contributed by atoms with Crippen molar-refractivity contribution in [3.05, 3.63) is 11.1 Å². The molecule has 1 rings (SSSR count). The smallest absolute Gasteiger partial charge is 0.0666 e. The molecule has 0 amide bonds. The predicted molar refractivity (Wildman–Crippen MR) is 56.5 cm³/mol. The summed E-state index contributed by atoms with van der Waals surface area (Å²) in [5.74, 6) is 0.314. The fourth-order valence-electron chi connectivity index (χ4n) is 2.48. The van der Waals surface area contributed by atoms with Gasteiger partial charge in [0.05, 0.1) is 12.5 Å². The molecule has 0 spiro atoms. The largest absolute Gasteiger partial charge is 0.396 e. The number of nitriles is 1. The molecule has 2 heteroatoms. The molecule has 0 bridgehead atoms. The second kappa shape index (κ2) is 4.14. The molecule has 0 aromatic carbocycles. The van der Waals surface area contributed by atoms with Crippen LogP contribution in [-0.2, 0) is 0 Å². The van der Waals surface area contributed by atoms with E-state index in [0.717, 1.165) is 12.8 Å². The van der Waals surface area contributed by atoms with Crippen molar-refractivity contribution in [3.8, 4) is 6.07 Å². The van der Waals surface area contributed by atoms with Crippen LogP contribution in [0.1, 0.15) is 40.0 Å². The van der Waals surface area contributed by atoms with Crippen LogP contribution in [0, 0.1) is 22.7 Å². The number of aliphatic hydroxyl groups excluding tert-OH is 1. The van der Waals surface area contributed by atoms with Crippen LogP contribution >= 0.6 is 0 Å². The average molecular weight is 193 g/mol. The van der Waals surface area contributed by atoms with E-state index in [4.69, 9.17) is 5.26 Å². The van der Waals surface area contributed by atoms with Crippen LogP contribution in [0.15, 0.2) is 11.1 Å². The predicted octanol–water partition coefficient (Wildman–Crippen LogP) is 2.65. The topological polar surface area (TPSA) is 44.0 Å². The molecule has 1 aliphatic rings. The zero-order valence-electron chi connectivity index (χ0n) is 9.30. The summed E-state index contributed by atoms with van der Waals surface area (Å²) in [6.07, 6.45) is 2.59. The highest BCUT2D eigenvalue weighted by atomic mass is 16.3. The van der Waals surface area contributed by atoms with Crippen molar-refractivity contribution in [1.82, 2.24) is 0 Å². The van der Waals surface area contributed by atoms with E-state index < -0.39 is 0 Å². The molecule has 0 aromatic rings. The molecule has 0 aliphatic heterocycles. The molecule has 1 unspecified atom stereocenters. The molecule has 0 radical (unpaired) electrons. The summed E-state index contributed by atoms with van der Waals surface area (Å²) in [6.45, 7) is 6.63. The third-order valence-corrected chi connectivity index (χ3v) is 3.66. The summed E-state index contributed by atoms with van der Waals surface area (Å²) in [4.78, 5) is 0. The number of rotatable bonds is 2. The maximum atomic E-state index is 9.29. The Kier molecular flexibility index (Phi) is 3.34. The highest BCUT2D eigenvalue weighted by Crippen LogP contribution is 2.45. The van der Waals surface area contributed by atoms with Gasteiger partial charge in [-0.05, 0) is 31.1 Å². The van der Waals surface area contributed by atoms with Crippen molar-refractivity contribution in [2.45, 2.75) is 40.0 Å². The fraction of sp³-hybridized carbons (Fsp3) is 0.750. The van der Waals surface area contributed by atoms with Gasteiger partial charge in [-0.25, -0.2) is 0 Å². The van der Waals surface area contributed by atoms with E-state index in [1.54, 1.807) is 0 Å². The first-order valence-corrected chi connectivity index (χ1v) is 5.21. The third kappa shape index (κ3) is 1.83. The standard InChI is InChI=1S/C12H19NO/c1-9-4-5-10(8-14)12(2,3)11(9)6-7-13/h10,14H,4-6,8H2,1-3H3. The van der Waals surface area contributed by atoms with E-state index >= 15 is 0 Å². The van der Waals surface area contributed by atoms with Gasteiger partial charge in [-0.15, -0.1) is 0 Å². The molecule has 1 atom stereocenters. The lowest BCUT2D eigenvalue weighted by Gasteiger charge is -2.40. The molecule has 78 valence electrons. The molecule has 0 aromatic heterocycles. The van der Waals surface area contributed by atoms with Gasteiger partial charge in [0.1, 0.15) is 0 Å².